The molecule has 0 rings (SSSR count). The van der Waals surface area contributed by atoms with Crippen molar-refractivity contribution >= 4 is 7.82 Å². The molecular weight excluding hydrogens is 245 g/mol. The summed E-state index contributed by atoms with van der Waals surface area (Å²) in [5, 5.41) is 8.87. The highest BCUT2D eigenvalue weighted by molar-refractivity contribution is 7.48. The smallest absolute Gasteiger partial charge is 0.391 e. The molecule has 0 aromatic heterocycles. The molecule has 0 fully saturated rings. The van der Waals surface area contributed by atoms with Crippen molar-refractivity contribution < 1.29 is 27.7 Å². The number of aliphatic hydroxyl groups excluding tert-OH is 1. The van der Waals surface area contributed by atoms with Crippen LogP contribution in [0.1, 0.15) is 13.8 Å². The Morgan fingerprint density at radius 2 is 1.59 bits per heavy atom. The van der Waals surface area contributed by atoms with E-state index in [0.29, 0.717) is 17.6 Å². The standard InChI is InChI=1S/C10H25NO5P/c1-5-14-17(13,15-6-2)16-10-8-11(3,4)7-9-12/h12H,5-10H2,1-4H3/q+1. The summed E-state index contributed by atoms with van der Waals surface area (Å²) in [5.74, 6) is 0. The first kappa shape index (κ1) is 17.0. The van der Waals surface area contributed by atoms with Gasteiger partial charge < -0.3 is 9.59 Å². The highest BCUT2D eigenvalue weighted by Gasteiger charge is 2.26. The predicted molar refractivity (Wildman–Crippen MR) is 65.7 cm³/mol. The van der Waals surface area contributed by atoms with E-state index in [1.54, 1.807) is 13.8 Å². The van der Waals surface area contributed by atoms with E-state index >= 15 is 0 Å². The maximum Gasteiger partial charge on any atom is 0.474 e. The van der Waals surface area contributed by atoms with Crippen LogP contribution in [0.15, 0.2) is 0 Å². The molecule has 0 saturated heterocycles. The van der Waals surface area contributed by atoms with Crippen molar-refractivity contribution in [3.05, 3.63) is 0 Å². The maximum absolute atomic E-state index is 11.9. The number of rotatable bonds is 10. The number of likely N-dealkylation sites (N-methyl/N-ethyl adjacent to an activating group) is 1. The first-order chi connectivity index (χ1) is 7.89. The fourth-order valence-corrected chi connectivity index (χ4v) is 2.37. The molecule has 6 nitrogen and oxygen atoms in total. The lowest BCUT2D eigenvalue weighted by Crippen LogP contribution is -2.44. The average molecular weight is 270 g/mol. The number of phosphoric ester groups is 1. The summed E-state index contributed by atoms with van der Waals surface area (Å²) < 4.78 is 27.7. The lowest BCUT2D eigenvalue weighted by Gasteiger charge is -2.29. The number of hydrogen-bond acceptors (Lipinski definition) is 5. The van der Waals surface area contributed by atoms with Crippen molar-refractivity contribution in [2.75, 3.05) is 53.6 Å². The van der Waals surface area contributed by atoms with Crippen LogP contribution in [0.5, 0.6) is 0 Å². The fraction of sp³-hybridized carbons (Fsp3) is 1.00. The zero-order valence-electron chi connectivity index (χ0n) is 11.2. The van der Waals surface area contributed by atoms with Crippen molar-refractivity contribution in [2.45, 2.75) is 13.8 Å². The van der Waals surface area contributed by atoms with Crippen LogP contribution in [0.3, 0.4) is 0 Å². The van der Waals surface area contributed by atoms with Crippen LogP contribution >= 0.6 is 7.82 Å². The molecule has 1 N–H and O–H groups in total. The van der Waals surface area contributed by atoms with Crippen LogP contribution in [0.25, 0.3) is 0 Å². The third-order valence-electron chi connectivity index (χ3n) is 2.23. The largest absolute Gasteiger partial charge is 0.474 e. The second-order valence-electron chi connectivity index (χ2n) is 4.22. The van der Waals surface area contributed by atoms with E-state index in [1.807, 2.05) is 14.1 Å². The second-order valence-corrected chi connectivity index (χ2v) is 5.89. The minimum absolute atomic E-state index is 0.113. The minimum Gasteiger partial charge on any atom is -0.391 e. The SMILES string of the molecule is CCOP(=O)(OCC)OCC[N+](C)(C)CCO. The van der Waals surface area contributed by atoms with Crippen LogP contribution < -0.4 is 0 Å². The topological polar surface area (TPSA) is 65.0 Å². The first-order valence-corrected chi connectivity index (χ1v) is 7.31. The summed E-state index contributed by atoms with van der Waals surface area (Å²) >= 11 is 0. The van der Waals surface area contributed by atoms with Crippen LogP contribution in [-0.4, -0.2) is 63.2 Å². The third kappa shape index (κ3) is 7.86. The Kier molecular flexibility index (Phi) is 8.20. The van der Waals surface area contributed by atoms with Gasteiger partial charge >= 0.3 is 7.82 Å². The maximum atomic E-state index is 11.9. The number of quaternary nitrogens is 1. The Balaban J connectivity index is 4.10. The van der Waals surface area contributed by atoms with Gasteiger partial charge in [-0.1, -0.05) is 0 Å². The molecule has 0 aromatic carbocycles. The predicted octanol–water partition coefficient (Wildman–Crippen LogP) is 1.25. The fourth-order valence-electron chi connectivity index (χ4n) is 1.21. The zero-order valence-corrected chi connectivity index (χ0v) is 12.1. The summed E-state index contributed by atoms with van der Waals surface area (Å²) in [6.07, 6.45) is 0. The van der Waals surface area contributed by atoms with E-state index < -0.39 is 7.82 Å². The van der Waals surface area contributed by atoms with Gasteiger partial charge in [0.2, 0.25) is 0 Å². The second kappa shape index (κ2) is 8.19. The number of phosphoric acid groups is 1. The molecule has 0 bridgehead atoms. The monoisotopic (exact) mass is 270 g/mol. The van der Waals surface area contributed by atoms with Gasteiger partial charge in [0.15, 0.2) is 0 Å². The van der Waals surface area contributed by atoms with Gasteiger partial charge in [-0.05, 0) is 13.8 Å². The molecule has 0 radical (unpaired) electrons. The van der Waals surface area contributed by atoms with Gasteiger partial charge in [-0.2, -0.15) is 0 Å². The molecule has 0 spiro atoms. The summed E-state index contributed by atoms with van der Waals surface area (Å²) in [5.41, 5.74) is 0. The first-order valence-electron chi connectivity index (χ1n) is 5.85. The molecule has 0 aliphatic carbocycles. The van der Waals surface area contributed by atoms with Gasteiger partial charge in [0.05, 0.1) is 33.9 Å². The Hall–Kier alpha value is 0.0300. The summed E-state index contributed by atoms with van der Waals surface area (Å²) in [4.78, 5) is 0. The molecule has 0 heterocycles. The molecule has 0 amide bonds. The molecule has 0 aliphatic rings. The Morgan fingerprint density at radius 1 is 1.06 bits per heavy atom. The highest BCUT2D eigenvalue weighted by Crippen LogP contribution is 2.49. The molecule has 0 atom stereocenters. The number of aliphatic hydroxyl groups is 1. The van der Waals surface area contributed by atoms with Gasteiger partial charge in [-0.25, -0.2) is 4.57 Å². The Bertz CT molecular complexity index is 237. The van der Waals surface area contributed by atoms with Gasteiger partial charge in [0, 0.05) is 0 Å². The third-order valence-corrected chi connectivity index (χ3v) is 3.87. The highest BCUT2D eigenvalue weighted by atomic mass is 31.2. The molecule has 104 valence electrons. The zero-order chi connectivity index (χ0) is 13.4. The van der Waals surface area contributed by atoms with E-state index in [1.165, 1.54) is 0 Å². The van der Waals surface area contributed by atoms with Crippen molar-refractivity contribution in [1.29, 1.82) is 0 Å². The molecule has 17 heavy (non-hydrogen) atoms. The molecule has 0 aliphatic heterocycles. The van der Waals surface area contributed by atoms with Crippen LogP contribution in [-0.2, 0) is 18.1 Å². The molecule has 0 unspecified atom stereocenters. The van der Waals surface area contributed by atoms with E-state index in [9.17, 15) is 4.57 Å². The van der Waals surface area contributed by atoms with Gasteiger partial charge in [0.25, 0.3) is 0 Å². The van der Waals surface area contributed by atoms with E-state index in [4.69, 9.17) is 18.7 Å². The molecule has 0 aromatic rings. The molecule has 0 saturated carbocycles. The van der Waals surface area contributed by atoms with Crippen molar-refractivity contribution in [2.24, 2.45) is 0 Å². The van der Waals surface area contributed by atoms with E-state index in [2.05, 4.69) is 0 Å². The van der Waals surface area contributed by atoms with Crippen molar-refractivity contribution in [3.63, 3.8) is 0 Å². The van der Waals surface area contributed by atoms with Crippen LogP contribution in [0.4, 0.5) is 0 Å². The van der Waals surface area contributed by atoms with Gasteiger partial charge in [-0.15, -0.1) is 0 Å². The summed E-state index contributed by atoms with van der Waals surface area (Å²) in [6.45, 7) is 5.67. The van der Waals surface area contributed by atoms with Crippen LogP contribution in [0, 0.1) is 0 Å². The van der Waals surface area contributed by atoms with E-state index in [-0.39, 0.29) is 26.4 Å². The molecule has 7 heteroatoms. The Labute approximate surface area is 104 Å². The van der Waals surface area contributed by atoms with Crippen LogP contribution in [0.2, 0.25) is 0 Å². The minimum atomic E-state index is -3.40. The van der Waals surface area contributed by atoms with Crippen molar-refractivity contribution in [3.8, 4) is 0 Å². The van der Waals surface area contributed by atoms with Gasteiger partial charge in [-0.3, -0.25) is 13.6 Å². The summed E-state index contributed by atoms with van der Waals surface area (Å²) in [7, 11) is 0.531. The quantitative estimate of drug-likeness (QED) is 0.478. The normalized spacial score (nSPS) is 13.0. The lowest BCUT2D eigenvalue weighted by molar-refractivity contribution is -0.890. The lowest BCUT2D eigenvalue weighted by atomic mass is 10.4. The van der Waals surface area contributed by atoms with Gasteiger partial charge in [0.1, 0.15) is 19.7 Å². The molecular formula is C10H25NO5P+. The summed E-state index contributed by atoms with van der Waals surface area (Å²) in [6, 6.07) is 0. The number of hydrogen-bond donors (Lipinski definition) is 1. The van der Waals surface area contributed by atoms with E-state index in [0.717, 1.165) is 0 Å². The number of nitrogens with zero attached hydrogens (tertiary/aromatic N) is 1. The van der Waals surface area contributed by atoms with Crippen molar-refractivity contribution in [1.82, 2.24) is 0 Å². The Morgan fingerprint density at radius 3 is 2.00 bits per heavy atom. The average Bonchev–Trinajstić information content (AvgIpc) is 2.17.